The molecule has 1 aliphatic heterocycles. The van der Waals surface area contributed by atoms with Crippen LogP contribution in [-0.4, -0.2) is 24.8 Å². The number of para-hydroxylation sites is 2. The van der Waals surface area contributed by atoms with Crippen LogP contribution in [0.3, 0.4) is 0 Å². The lowest BCUT2D eigenvalue weighted by atomic mass is 10.2. The molecule has 1 amide bonds. The van der Waals surface area contributed by atoms with E-state index in [0.29, 0.717) is 23.9 Å². The van der Waals surface area contributed by atoms with Gasteiger partial charge in [0.15, 0.2) is 0 Å². The third kappa shape index (κ3) is 3.17. The summed E-state index contributed by atoms with van der Waals surface area (Å²) in [6, 6.07) is 15.2. The largest absolute Gasteiger partial charge is 0.490 e. The number of carbonyl (C=O) groups excluding carboxylic acids is 1. The molecule has 0 saturated carbocycles. The van der Waals surface area contributed by atoms with E-state index in [0.717, 1.165) is 16.3 Å². The maximum Gasteiger partial charge on any atom is 0.237 e. The van der Waals surface area contributed by atoms with Gasteiger partial charge in [-0.05, 0) is 24.3 Å². The van der Waals surface area contributed by atoms with Gasteiger partial charge in [0.2, 0.25) is 5.91 Å². The molecule has 0 unspecified atom stereocenters. The molecule has 1 aliphatic rings. The van der Waals surface area contributed by atoms with E-state index in [1.54, 1.807) is 4.90 Å². The first-order valence-electron chi connectivity index (χ1n) is 6.65. The van der Waals surface area contributed by atoms with Gasteiger partial charge in [0.05, 0.1) is 23.0 Å². The highest BCUT2D eigenvalue weighted by molar-refractivity contribution is 8.00. The standard InChI is InChI=1S/C16H14ClNO2S/c17-12-5-1-4-8-15(12)21-11-16(19)18-9-10-20-14-7-3-2-6-13(14)18/h1-8H,9-11H2. The second-order valence-electron chi connectivity index (χ2n) is 4.58. The molecule has 21 heavy (non-hydrogen) atoms. The highest BCUT2D eigenvalue weighted by atomic mass is 35.5. The molecule has 0 bridgehead atoms. The van der Waals surface area contributed by atoms with Gasteiger partial charge in [-0.25, -0.2) is 0 Å². The minimum Gasteiger partial charge on any atom is -0.490 e. The zero-order valence-electron chi connectivity index (χ0n) is 11.3. The molecule has 0 saturated heterocycles. The molecule has 5 heteroatoms. The Labute approximate surface area is 132 Å². The number of benzene rings is 2. The highest BCUT2D eigenvalue weighted by Gasteiger charge is 2.23. The summed E-state index contributed by atoms with van der Waals surface area (Å²) in [7, 11) is 0. The molecule has 0 N–H and O–H groups in total. The Balaban J connectivity index is 1.71. The Morgan fingerprint density at radius 3 is 2.81 bits per heavy atom. The van der Waals surface area contributed by atoms with Crippen molar-refractivity contribution >= 4 is 35.0 Å². The fourth-order valence-corrected chi connectivity index (χ4v) is 3.32. The molecule has 2 aromatic carbocycles. The van der Waals surface area contributed by atoms with E-state index >= 15 is 0 Å². The van der Waals surface area contributed by atoms with Crippen molar-refractivity contribution in [3.8, 4) is 5.75 Å². The summed E-state index contributed by atoms with van der Waals surface area (Å²) >= 11 is 7.57. The van der Waals surface area contributed by atoms with Crippen molar-refractivity contribution in [2.45, 2.75) is 4.90 Å². The van der Waals surface area contributed by atoms with Gasteiger partial charge in [-0.1, -0.05) is 35.9 Å². The number of ether oxygens (including phenoxy) is 1. The van der Waals surface area contributed by atoms with Crippen molar-refractivity contribution in [2.24, 2.45) is 0 Å². The number of amides is 1. The minimum absolute atomic E-state index is 0.0654. The minimum atomic E-state index is 0.0654. The number of thioether (sulfide) groups is 1. The lowest BCUT2D eigenvalue weighted by molar-refractivity contribution is -0.116. The third-order valence-corrected chi connectivity index (χ3v) is 4.72. The van der Waals surface area contributed by atoms with Gasteiger partial charge in [0, 0.05) is 4.90 Å². The van der Waals surface area contributed by atoms with Gasteiger partial charge >= 0.3 is 0 Å². The third-order valence-electron chi connectivity index (χ3n) is 3.22. The summed E-state index contributed by atoms with van der Waals surface area (Å²) < 4.78 is 5.56. The van der Waals surface area contributed by atoms with E-state index in [2.05, 4.69) is 0 Å². The number of anilines is 1. The number of hydrogen-bond donors (Lipinski definition) is 0. The fourth-order valence-electron chi connectivity index (χ4n) is 2.21. The van der Waals surface area contributed by atoms with Crippen LogP contribution in [0.1, 0.15) is 0 Å². The van der Waals surface area contributed by atoms with Crippen LogP contribution in [0.2, 0.25) is 5.02 Å². The predicted molar refractivity (Wildman–Crippen MR) is 86.5 cm³/mol. The summed E-state index contributed by atoms with van der Waals surface area (Å²) in [5.41, 5.74) is 0.841. The summed E-state index contributed by atoms with van der Waals surface area (Å²) in [5, 5.41) is 0.678. The summed E-state index contributed by atoms with van der Waals surface area (Å²) in [5.74, 6) is 1.19. The van der Waals surface area contributed by atoms with E-state index < -0.39 is 0 Å². The number of hydrogen-bond acceptors (Lipinski definition) is 3. The number of carbonyl (C=O) groups is 1. The highest BCUT2D eigenvalue weighted by Crippen LogP contribution is 2.32. The summed E-state index contributed by atoms with van der Waals surface area (Å²) in [4.78, 5) is 15.2. The lowest BCUT2D eigenvalue weighted by Gasteiger charge is -2.29. The van der Waals surface area contributed by atoms with Crippen LogP contribution in [0.4, 0.5) is 5.69 Å². The van der Waals surface area contributed by atoms with Gasteiger partial charge < -0.3 is 9.64 Å². The monoisotopic (exact) mass is 319 g/mol. The fraction of sp³-hybridized carbons (Fsp3) is 0.188. The Morgan fingerprint density at radius 2 is 1.95 bits per heavy atom. The number of rotatable bonds is 3. The Morgan fingerprint density at radius 1 is 1.19 bits per heavy atom. The van der Waals surface area contributed by atoms with Crippen molar-refractivity contribution in [1.82, 2.24) is 0 Å². The first-order chi connectivity index (χ1) is 10.3. The maximum absolute atomic E-state index is 12.5. The summed E-state index contributed by atoms with van der Waals surface area (Å²) in [6.07, 6.45) is 0. The van der Waals surface area contributed by atoms with Crippen LogP contribution >= 0.6 is 23.4 Å². The average molecular weight is 320 g/mol. The van der Waals surface area contributed by atoms with E-state index in [1.807, 2.05) is 48.5 Å². The molecule has 3 nitrogen and oxygen atoms in total. The molecule has 0 spiro atoms. The van der Waals surface area contributed by atoms with Gasteiger partial charge in [-0.3, -0.25) is 4.79 Å². The van der Waals surface area contributed by atoms with Crippen molar-refractivity contribution < 1.29 is 9.53 Å². The lowest BCUT2D eigenvalue weighted by Crippen LogP contribution is -2.38. The van der Waals surface area contributed by atoms with Crippen molar-refractivity contribution in [1.29, 1.82) is 0 Å². The predicted octanol–water partition coefficient (Wildman–Crippen LogP) is 3.86. The van der Waals surface area contributed by atoms with Gasteiger partial charge in [0.25, 0.3) is 0 Å². The zero-order chi connectivity index (χ0) is 14.7. The van der Waals surface area contributed by atoms with Crippen molar-refractivity contribution in [3.05, 3.63) is 53.6 Å². The molecule has 3 rings (SSSR count). The van der Waals surface area contributed by atoms with Crippen molar-refractivity contribution in [2.75, 3.05) is 23.8 Å². The van der Waals surface area contributed by atoms with Crippen molar-refractivity contribution in [3.63, 3.8) is 0 Å². The normalized spacial score (nSPS) is 13.5. The molecule has 2 aromatic rings. The van der Waals surface area contributed by atoms with Gasteiger partial charge in [-0.15, -0.1) is 11.8 Å². The van der Waals surface area contributed by atoms with Crippen LogP contribution in [0.15, 0.2) is 53.4 Å². The second-order valence-corrected chi connectivity index (χ2v) is 6.01. The first kappa shape index (κ1) is 14.3. The number of halogens is 1. The summed E-state index contributed by atoms with van der Waals surface area (Å²) in [6.45, 7) is 1.11. The number of nitrogens with zero attached hydrogens (tertiary/aromatic N) is 1. The Hall–Kier alpha value is -1.65. The Bertz CT molecular complexity index is 662. The number of fused-ring (bicyclic) bond motifs is 1. The van der Waals surface area contributed by atoms with E-state index in [9.17, 15) is 4.79 Å². The molecular weight excluding hydrogens is 306 g/mol. The molecule has 1 heterocycles. The van der Waals surface area contributed by atoms with E-state index in [-0.39, 0.29) is 5.91 Å². The maximum atomic E-state index is 12.5. The van der Waals surface area contributed by atoms with Crippen LogP contribution in [-0.2, 0) is 4.79 Å². The van der Waals surface area contributed by atoms with Gasteiger partial charge in [-0.2, -0.15) is 0 Å². The molecule has 0 aliphatic carbocycles. The quantitative estimate of drug-likeness (QED) is 0.805. The smallest absolute Gasteiger partial charge is 0.237 e. The topological polar surface area (TPSA) is 29.5 Å². The van der Waals surface area contributed by atoms with Crippen LogP contribution < -0.4 is 9.64 Å². The first-order valence-corrected chi connectivity index (χ1v) is 8.01. The zero-order valence-corrected chi connectivity index (χ0v) is 12.9. The van der Waals surface area contributed by atoms with Crippen LogP contribution in [0.25, 0.3) is 0 Å². The Kier molecular flexibility index (Phi) is 4.36. The van der Waals surface area contributed by atoms with Gasteiger partial charge in [0.1, 0.15) is 12.4 Å². The average Bonchev–Trinajstić information content (AvgIpc) is 2.53. The molecule has 0 radical (unpaired) electrons. The van der Waals surface area contributed by atoms with E-state index in [1.165, 1.54) is 11.8 Å². The molecule has 0 atom stereocenters. The van der Waals surface area contributed by atoms with Crippen LogP contribution in [0.5, 0.6) is 5.75 Å². The second kappa shape index (κ2) is 6.41. The molecular formula is C16H14ClNO2S. The molecule has 108 valence electrons. The van der Waals surface area contributed by atoms with Crippen LogP contribution in [0, 0.1) is 0 Å². The molecule has 0 aromatic heterocycles. The molecule has 0 fully saturated rings. The SMILES string of the molecule is O=C(CSc1ccccc1Cl)N1CCOc2ccccc21. The van der Waals surface area contributed by atoms with E-state index in [4.69, 9.17) is 16.3 Å².